The third kappa shape index (κ3) is 2.90. The highest BCUT2D eigenvalue weighted by Gasteiger charge is 2.29. The van der Waals surface area contributed by atoms with Crippen molar-refractivity contribution in [3.8, 4) is 0 Å². The quantitative estimate of drug-likeness (QED) is 0.885. The lowest BCUT2D eigenvalue weighted by atomic mass is 9.91. The van der Waals surface area contributed by atoms with Crippen LogP contribution in [0, 0.1) is 5.82 Å². The minimum absolute atomic E-state index is 0. The Morgan fingerprint density at radius 1 is 1.39 bits per heavy atom. The first-order valence-corrected chi connectivity index (χ1v) is 6.98. The summed E-state index contributed by atoms with van der Waals surface area (Å²) in [4.78, 5) is 2.38. The molecule has 1 aliphatic rings. The summed E-state index contributed by atoms with van der Waals surface area (Å²) in [6, 6.07) is 7.93. The summed E-state index contributed by atoms with van der Waals surface area (Å²) in [7, 11) is 0. The Morgan fingerprint density at radius 2 is 2.17 bits per heavy atom. The summed E-state index contributed by atoms with van der Waals surface area (Å²) in [6.07, 6.45) is 2.16. The fraction of sp³-hybridized carbons (Fsp3) is 0.600. The van der Waals surface area contributed by atoms with E-state index in [0.29, 0.717) is 6.04 Å². The van der Waals surface area contributed by atoms with Crippen LogP contribution in [0.4, 0.5) is 4.39 Å². The van der Waals surface area contributed by atoms with E-state index < -0.39 is 0 Å². The number of likely N-dealkylation sites (tertiary alicyclic amines) is 1. The Hall–Kier alpha value is -0.930. The summed E-state index contributed by atoms with van der Waals surface area (Å²) in [5.41, 5.74) is 0.849. The van der Waals surface area contributed by atoms with Crippen LogP contribution in [-0.2, 0) is 0 Å². The molecule has 1 aromatic rings. The van der Waals surface area contributed by atoms with Crippen LogP contribution >= 0.6 is 0 Å². The predicted molar refractivity (Wildman–Crippen MR) is 75.2 cm³/mol. The molecule has 1 heterocycles. The van der Waals surface area contributed by atoms with Crippen molar-refractivity contribution in [1.29, 1.82) is 0 Å². The molecule has 0 amide bonds. The SMILES string of the molecule is CCN[C@@H]1CCN(CC)[C@H](c2ccccc2F)C1.[HH]. The summed E-state index contributed by atoms with van der Waals surface area (Å²) in [5, 5.41) is 3.50. The molecule has 0 spiro atoms. The van der Waals surface area contributed by atoms with Gasteiger partial charge in [0.1, 0.15) is 5.82 Å². The first-order valence-electron chi connectivity index (χ1n) is 6.98. The van der Waals surface area contributed by atoms with E-state index in [2.05, 4.69) is 24.1 Å². The van der Waals surface area contributed by atoms with E-state index in [1.165, 1.54) is 0 Å². The number of nitrogens with zero attached hydrogens (tertiary/aromatic N) is 1. The van der Waals surface area contributed by atoms with Gasteiger partial charge < -0.3 is 5.32 Å². The smallest absolute Gasteiger partial charge is 0.127 e. The minimum Gasteiger partial charge on any atom is -0.314 e. The largest absolute Gasteiger partial charge is 0.314 e. The van der Waals surface area contributed by atoms with Gasteiger partial charge in [0.05, 0.1) is 0 Å². The summed E-state index contributed by atoms with van der Waals surface area (Å²) < 4.78 is 13.9. The molecule has 2 rings (SSSR count). The number of piperidine rings is 1. The molecule has 0 bridgehead atoms. The molecule has 102 valence electrons. The summed E-state index contributed by atoms with van der Waals surface area (Å²) >= 11 is 0. The van der Waals surface area contributed by atoms with Crippen molar-refractivity contribution in [3.63, 3.8) is 0 Å². The zero-order valence-electron chi connectivity index (χ0n) is 11.3. The monoisotopic (exact) mass is 252 g/mol. The lowest BCUT2D eigenvalue weighted by Gasteiger charge is -2.39. The Morgan fingerprint density at radius 3 is 2.83 bits per heavy atom. The molecule has 1 saturated heterocycles. The molecule has 0 saturated carbocycles. The third-order valence-corrected chi connectivity index (χ3v) is 3.88. The zero-order chi connectivity index (χ0) is 13.0. The molecule has 3 heteroatoms. The van der Waals surface area contributed by atoms with Crippen LogP contribution in [-0.4, -0.2) is 30.6 Å². The van der Waals surface area contributed by atoms with Gasteiger partial charge in [0.25, 0.3) is 0 Å². The van der Waals surface area contributed by atoms with Gasteiger partial charge in [-0.15, -0.1) is 0 Å². The highest BCUT2D eigenvalue weighted by Crippen LogP contribution is 2.32. The van der Waals surface area contributed by atoms with Crippen molar-refractivity contribution < 1.29 is 5.82 Å². The lowest BCUT2D eigenvalue weighted by molar-refractivity contribution is 0.129. The van der Waals surface area contributed by atoms with E-state index in [0.717, 1.165) is 38.0 Å². The molecule has 1 aromatic carbocycles. The van der Waals surface area contributed by atoms with Gasteiger partial charge in [0, 0.05) is 25.6 Å². The Labute approximate surface area is 111 Å². The van der Waals surface area contributed by atoms with Gasteiger partial charge in [-0.2, -0.15) is 0 Å². The number of halogens is 1. The van der Waals surface area contributed by atoms with Crippen molar-refractivity contribution >= 4 is 0 Å². The number of hydrogen-bond acceptors (Lipinski definition) is 2. The maximum atomic E-state index is 13.9. The van der Waals surface area contributed by atoms with Crippen LogP contribution in [0.2, 0.25) is 0 Å². The van der Waals surface area contributed by atoms with Crippen LogP contribution in [0.1, 0.15) is 39.7 Å². The van der Waals surface area contributed by atoms with Crippen LogP contribution in [0.15, 0.2) is 24.3 Å². The number of rotatable bonds is 4. The molecule has 2 atom stereocenters. The Balaban J connectivity index is 0.00000180. The number of benzene rings is 1. The maximum absolute atomic E-state index is 13.9. The van der Waals surface area contributed by atoms with Crippen LogP contribution in [0.25, 0.3) is 0 Å². The predicted octanol–water partition coefficient (Wildman–Crippen LogP) is 3.21. The van der Waals surface area contributed by atoms with E-state index >= 15 is 0 Å². The topological polar surface area (TPSA) is 15.3 Å². The molecule has 1 fully saturated rings. The highest BCUT2D eigenvalue weighted by molar-refractivity contribution is 5.22. The molecule has 2 nitrogen and oxygen atoms in total. The lowest BCUT2D eigenvalue weighted by Crippen LogP contribution is -2.44. The number of nitrogens with one attached hydrogen (secondary N) is 1. The van der Waals surface area contributed by atoms with Gasteiger partial charge in [-0.25, -0.2) is 4.39 Å². The second kappa shape index (κ2) is 6.30. The molecular weight excluding hydrogens is 227 g/mol. The fourth-order valence-corrected chi connectivity index (χ4v) is 2.94. The van der Waals surface area contributed by atoms with E-state index in [1.54, 1.807) is 12.1 Å². The van der Waals surface area contributed by atoms with Crippen molar-refractivity contribution in [3.05, 3.63) is 35.6 Å². The highest BCUT2D eigenvalue weighted by atomic mass is 19.1. The van der Waals surface area contributed by atoms with Crippen LogP contribution in [0.5, 0.6) is 0 Å². The van der Waals surface area contributed by atoms with Gasteiger partial charge in [0.2, 0.25) is 0 Å². The van der Waals surface area contributed by atoms with Crippen molar-refractivity contribution in [2.45, 2.75) is 38.8 Å². The van der Waals surface area contributed by atoms with Crippen LogP contribution < -0.4 is 5.32 Å². The molecule has 1 aliphatic heterocycles. The van der Waals surface area contributed by atoms with E-state index in [-0.39, 0.29) is 13.3 Å². The number of hydrogen-bond donors (Lipinski definition) is 1. The van der Waals surface area contributed by atoms with Crippen molar-refractivity contribution in [2.75, 3.05) is 19.6 Å². The van der Waals surface area contributed by atoms with E-state index in [1.807, 2.05) is 12.1 Å². The first-order chi connectivity index (χ1) is 8.76. The minimum atomic E-state index is -0.0712. The molecule has 0 aliphatic carbocycles. The van der Waals surface area contributed by atoms with Gasteiger partial charge in [-0.1, -0.05) is 32.0 Å². The van der Waals surface area contributed by atoms with Gasteiger partial charge in [-0.05, 0) is 32.0 Å². The summed E-state index contributed by atoms with van der Waals surface area (Å²) in [6.45, 7) is 7.30. The average Bonchev–Trinajstić information content (AvgIpc) is 2.40. The van der Waals surface area contributed by atoms with Gasteiger partial charge >= 0.3 is 0 Å². The normalized spacial score (nSPS) is 25.3. The second-order valence-electron chi connectivity index (χ2n) is 4.94. The molecule has 0 unspecified atom stereocenters. The Bertz CT molecular complexity index is 386. The van der Waals surface area contributed by atoms with Crippen molar-refractivity contribution in [2.24, 2.45) is 0 Å². The molecule has 0 aromatic heterocycles. The van der Waals surface area contributed by atoms with Crippen molar-refractivity contribution in [1.82, 2.24) is 10.2 Å². The summed E-state index contributed by atoms with van der Waals surface area (Å²) in [5.74, 6) is -0.0712. The molecule has 0 radical (unpaired) electrons. The fourth-order valence-electron chi connectivity index (χ4n) is 2.94. The maximum Gasteiger partial charge on any atom is 0.127 e. The molecule has 1 N–H and O–H groups in total. The standard InChI is InChI=1S/C15H23FN2.H2/c1-3-17-12-9-10-18(4-2)15(11-12)13-7-5-6-8-14(13)16;/h5-8,12,15,17H,3-4,9-11H2,1-2H3;1H/t12-,15+;/m1./s1. The molecular formula is C15H25FN2. The van der Waals surface area contributed by atoms with E-state index in [9.17, 15) is 4.39 Å². The molecule has 18 heavy (non-hydrogen) atoms. The zero-order valence-corrected chi connectivity index (χ0v) is 11.3. The third-order valence-electron chi connectivity index (χ3n) is 3.88. The van der Waals surface area contributed by atoms with Crippen LogP contribution in [0.3, 0.4) is 0 Å². The Kier molecular flexibility index (Phi) is 4.72. The second-order valence-corrected chi connectivity index (χ2v) is 4.94. The van der Waals surface area contributed by atoms with Gasteiger partial charge in [0.15, 0.2) is 0 Å². The first kappa shape index (κ1) is 13.5. The van der Waals surface area contributed by atoms with E-state index in [4.69, 9.17) is 0 Å². The van der Waals surface area contributed by atoms with Gasteiger partial charge in [-0.3, -0.25) is 4.90 Å². The average molecular weight is 252 g/mol.